The molecule has 2 heterocycles. The number of hydrogen-bond acceptors (Lipinski definition) is 3. The lowest BCUT2D eigenvalue weighted by molar-refractivity contribution is -0.119. The second kappa shape index (κ2) is 3.41. The minimum atomic E-state index is 0.659. The van der Waals surface area contributed by atoms with Gasteiger partial charge in [0.15, 0.2) is 0 Å². The van der Waals surface area contributed by atoms with Gasteiger partial charge in [0, 0.05) is 19.2 Å². The highest BCUT2D eigenvalue weighted by atomic mass is 32.2. The minimum Gasteiger partial charge on any atom is -0.339 e. The molecule has 1 aliphatic rings. The SMILES string of the molecule is CSn1cnc2c1CCN(C=O)C2. The van der Waals surface area contributed by atoms with Crippen molar-refractivity contribution in [1.29, 1.82) is 0 Å². The molecule has 0 fully saturated rings. The maximum absolute atomic E-state index is 10.5. The van der Waals surface area contributed by atoms with E-state index >= 15 is 0 Å². The van der Waals surface area contributed by atoms with Crippen LogP contribution in [0.2, 0.25) is 0 Å². The molecular weight excluding hydrogens is 186 g/mol. The van der Waals surface area contributed by atoms with Crippen molar-refractivity contribution in [3.05, 3.63) is 17.7 Å². The van der Waals surface area contributed by atoms with Gasteiger partial charge in [-0.2, -0.15) is 0 Å². The average molecular weight is 197 g/mol. The zero-order valence-electron chi connectivity index (χ0n) is 7.43. The highest BCUT2D eigenvalue weighted by Crippen LogP contribution is 2.19. The van der Waals surface area contributed by atoms with Crippen molar-refractivity contribution in [1.82, 2.24) is 13.9 Å². The highest BCUT2D eigenvalue weighted by Gasteiger charge is 2.19. The first kappa shape index (κ1) is 8.62. The van der Waals surface area contributed by atoms with Gasteiger partial charge in [-0.15, -0.1) is 0 Å². The van der Waals surface area contributed by atoms with Gasteiger partial charge in [-0.05, 0) is 11.9 Å². The maximum atomic E-state index is 10.5. The van der Waals surface area contributed by atoms with E-state index in [1.54, 1.807) is 16.8 Å². The van der Waals surface area contributed by atoms with Crippen LogP contribution in [0.4, 0.5) is 0 Å². The summed E-state index contributed by atoms with van der Waals surface area (Å²) in [5, 5.41) is 0. The number of carbonyl (C=O) groups excluding carboxylic acids is 1. The van der Waals surface area contributed by atoms with Gasteiger partial charge < -0.3 is 4.90 Å². The highest BCUT2D eigenvalue weighted by molar-refractivity contribution is 7.97. The van der Waals surface area contributed by atoms with Crippen molar-refractivity contribution < 1.29 is 4.79 Å². The number of amides is 1. The maximum Gasteiger partial charge on any atom is 0.210 e. The predicted octanol–water partition coefficient (Wildman–Crippen LogP) is 0.524. The van der Waals surface area contributed by atoms with E-state index < -0.39 is 0 Å². The zero-order valence-corrected chi connectivity index (χ0v) is 8.25. The largest absolute Gasteiger partial charge is 0.339 e. The molecule has 2 rings (SSSR count). The molecule has 1 aromatic rings. The first-order valence-corrected chi connectivity index (χ1v) is 5.32. The quantitative estimate of drug-likeness (QED) is 0.649. The lowest BCUT2D eigenvalue weighted by Gasteiger charge is -2.22. The van der Waals surface area contributed by atoms with Crippen molar-refractivity contribution in [2.45, 2.75) is 13.0 Å². The van der Waals surface area contributed by atoms with Gasteiger partial charge in [-0.25, -0.2) is 4.98 Å². The third-order valence-corrected chi connectivity index (χ3v) is 2.96. The fraction of sp³-hybridized carbons (Fsp3) is 0.500. The fourth-order valence-corrected chi connectivity index (χ4v) is 2.11. The van der Waals surface area contributed by atoms with Crippen LogP contribution in [0.3, 0.4) is 0 Å². The smallest absolute Gasteiger partial charge is 0.210 e. The molecule has 0 radical (unpaired) electrons. The molecule has 70 valence electrons. The molecule has 1 aliphatic heterocycles. The number of carbonyl (C=O) groups is 1. The van der Waals surface area contributed by atoms with Crippen molar-refractivity contribution >= 4 is 18.4 Å². The Labute approximate surface area is 81.1 Å². The molecule has 0 unspecified atom stereocenters. The van der Waals surface area contributed by atoms with Crippen molar-refractivity contribution in [2.75, 3.05) is 12.8 Å². The normalized spacial score (nSPS) is 15.6. The summed E-state index contributed by atoms with van der Waals surface area (Å²) in [6, 6.07) is 0. The molecule has 0 atom stereocenters. The second-order valence-electron chi connectivity index (χ2n) is 2.97. The minimum absolute atomic E-state index is 0.659. The number of nitrogens with zero attached hydrogens (tertiary/aromatic N) is 3. The van der Waals surface area contributed by atoms with E-state index in [0.29, 0.717) is 6.54 Å². The van der Waals surface area contributed by atoms with E-state index in [1.807, 2.05) is 12.6 Å². The van der Waals surface area contributed by atoms with E-state index in [1.165, 1.54) is 5.69 Å². The molecule has 0 saturated heterocycles. The van der Waals surface area contributed by atoms with E-state index in [2.05, 4.69) is 8.96 Å². The van der Waals surface area contributed by atoms with Crippen molar-refractivity contribution in [2.24, 2.45) is 0 Å². The first-order valence-electron chi connectivity index (χ1n) is 4.14. The second-order valence-corrected chi connectivity index (χ2v) is 3.73. The van der Waals surface area contributed by atoms with Crippen LogP contribution in [0.5, 0.6) is 0 Å². The zero-order chi connectivity index (χ0) is 9.26. The number of fused-ring (bicyclic) bond motifs is 1. The van der Waals surface area contributed by atoms with Crippen molar-refractivity contribution in [3.63, 3.8) is 0 Å². The molecule has 4 nitrogen and oxygen atoms in total. The van der Waals surface area contributed by atoms with Gasteiger partial charge in [0.2, 0.25) is 6.41 Å². The Bertz CT molecular complexity index is 323. The molecule has 0 aromatic carbocycles. The Morgan fingerprint density at radius 3 is 3.23 bits per heavy atom. The lowest BCUT2D eigenvalue weighted by atomic mass is 10.2. The van der Waals surface area contributed by atoms with Gasteiger partial charge in [-0.3, -0.25) is 8.77 Å². The number of aromatic nitrogens is 2. The summed E-state index contributed by atoms with van der Waals surface area (Å²) >= 11 is 1.65. The molecule has 13 heavy (non-hydrogen) atoms. The Hall–Kier alpha value is -0.970. The van der Waals surface area contributed by atoms with Crippen LogP contribution in [-0.4, -0.2) is 33.1 Å². The molecule has 0 N–H and O–H groups in total. The van der Waals surface area contributed by atoms with E-state index in [9.17, 15) is 4.79 Å². The van der Waals surface area contributed by atoms with Crippen LogP contribution >= 0.6 is 11.9 Å². The van der Waals surface area contributed by atoms with Gasteiger partial charge in [-0.1, -0.05) is 0 Å². The molecule has 0 saturated carbocycles. The fourth-order valence-electron chi connectivity index (χ4n) is 1.55. The molecule has 1 amide bonds. The van der Waals surface area contributed by atoms with Gasteiger partial charge in [0.05, 0.1) is 17.9 Å². The summed E-state index contributed by atoms with van der Waals surface area (Å²) in [6.45, 7) is 1.47. The van der Waals surface area contributed by atoms with E-state index in [-0.39, 0.29) is 0 Å². The van der Waals surface area contributed by atoms with Gasteiger partial charge >= 0.3 is 0 Å². The summed E-state index contributed by atoms with van der Waals surface area (Å²) in [6.07, 6.45) is 5.65. The Balaban J connectivity index is 2.27. The van der Waals surface area contributed by atoms with Gasteiger partial charge in [0.25, 0.3) is 0 Å². The predicted molar refractivity (Wildman–Crippen MR) is 51.3 cm³/mol. The Morgan fingerprint density at radius 2 is 2.54 bits per heavy atom. The van der Waals surface area contributed by atoms with Crippen LogP contribution in [-0.2, 0) is 17.8 Å². The summed E-state index contributed by atoms with van der Waals surface area (Å²) in [4.78, 5) is 16.5. The molecule has 1 aromatic heterocycles. The van der Waals surface area contributed by atoms with Crippen LogP contribution in [0.15, 0.2) is 6.33 Å². The first-order chi connectivity index (χ1) is 6.35. The molecule has 0 spiro atoms. The third kappa shape index (κ3) is 1.44. The van der Waals surface area contributed by atoms with E-state index in [0.717, 1.165) is 25.1 Å². The van der Waals surface area contributed by atoms with Gasteiger partial charge in [0.1, 0.15) is 6.33 Å². The summed E-state index contributed by atoms with van der Waals surface area (Å²) in [7, 11) is 0. The number of imidazole rings is 1. The van der Waals surface area contributed by atoms with Crippen molar-refractivity contribution in [3.8, 4) is 0 Å². The Morgan fingerprint density at radius 1 is 1.69 bits per heavy atom. The Kier molecular flexibility index (Phi) is 2.26. The summed E-state index contributed by atoms with van der Waals surface area (Å²) in [5.41, 5.74) is 2.29. The lowest BCUT2D eigenvalue weighted by Crippen LogP contribution is -2.29. The van der Waals surface area contributed by atoms with Crippen LogP contribution in [0.25, 0.3) is 0 Å². The third-order valence-electron chi connectivity index (χ3n) is 2.25. The number of rotatable bonds is 2. The molecule has 0 bridgehead atoms. The summed E-state index contributed by atoms with van der Waals surface area (Å²) < 4.78 is 2.07. The number of hydrogen-bond donors (Lipinski definition) is 0. The molecular formula is C8H11N3OS. The average Bonchev–Trinajstić information content (AvgIpc) is 2.59. The molecule has 5 heteroatoms. The van der Waals surface area contributed by atoms with Crippen LogP contribution in [0.1, 0.15) is 11.4 Å². The van der Waals surface area contributed by atoms with Crippen LogP contribution in [0, 0.1) is 0 Å². The standard InChI is InChI=1S/C8H11N3OS/c1-13-11-5-9-7-4-10(6-12)3-2-8(7)11/h5-6H,2-4H2,1H3. The monoisotopic (exact) mass is 197 g/mol. The van der Waals surface area contributed by atoms with Crippen LogP contribution < -0.4 is 0 Å². The summed E-state index contributed by atoms with van der Waals surface area (Å²) in [5.74, 6) is 0. The molecule has 0 aliphatic carbocycles. The van der Waals surface area contributed by atoms with E-state index in [4.69, 9.17) is 0 Å². The topological polar surface area (TPSA) is 38.1 Å².